The zero-order valence-electron chi connectivity index (χ0n) is 20.6. The zero-order valence-corrected chi connectivity index (χ0v) is 20.6. The summed E-state index contributed by atoms with van der Waals surface area (Å²) in [6, 6.07) is 3.76. The van der Waals surface area contributed by atoms with E-state index < -0.39 is 11.1 Å². The van der Waals surface area contributed by atoms with Crippen molar-refractivity contribution in [1.29, 1.82) is 0 Å². The minimum atomic E-state index is -0.527. The third-order valence-electron chi connectivity index (χ3n) is 4.39. The van der Waals surface area contributed by atoms with E-state index in [0.717, 1.165) is 17.1 Å². The monoisotopic (exact) mass is 450 g/mol. The fourth-order valence-electron chi connectivity index (χ4n) is 2.92. The van der Waals surface area contributed by atoms with Gasteiger partial charge >= 0.3 is 6.09 Å². The average molecular weight is 451 g/mol. The van der Waals surface area contributed by atoms with Crippen molar-refractivity contribution in [2.75, 3.05) is 33.4 Å². The van der Waals surface area contributed by atoms with E-state index in [0.29, 0.717) is 32.7 Å². The van der Waals surface area contributed by atoms with Crippen molar-refractivity contribution >= 4 is 18.0 Å². The first-order chi connectivity index (χ1) is 15.1. The number of pyridine rings is 1. The summed E-state index contributed by atoms with van der Waals surface area (Å²) in [5.41, 5.74) is -0.0543. The summed E-state index contributed by atoms with van der Waals surface area (Å²) < 4.78 is 17.5. The van der Waals surface area contributed by atoms with Gasteiger partial charge in [-0.05, 0) is 46.8 Å². The van der Waals surface area contributed by atoms with Gasteiger partial charge in [-0.1, -0.05) is 13.8 Å². The molecule has 0 aromatic carbocycles. The summed E-state index contributed by atoms with van der Waals surface area (Å²) in [5, 5.41) is 2.75. The highest BCUT2D eigenvalue weighted by Crippen LogP contribution is 2.25. The van der Waals surface area contributed by atoms with E-state index in [9.17, 15) is 9.59 Å². The summed E-state index contributed by atoms with van der Waals surface area (Å²) in [4.78, 5) is 28.1. The van der Waals surface area contributed by atoms with E-state index in [1.807, 2.05) is 71.2 Å². The number of imidazole rings is 1. The molecule has 0 aliphatic carbocycles. The molecule has 3 heterocycles. The fourth-order valence-corrected chi connectivity index (χ4v) is 2.92. The summed E-state index contributed by atoms with van der Waals surface area (Å²) in [5.74, 6) is 1.52. The molecule has 0 saturated carbocycles. The average Bonchev–Trinajstić information content (AvgIpc) is 3.20. The first-order valence-electron chi connectivity index (χ1n) is 10.9. The molecule has 1 aliphatic rings. The van der Waals surface area contributed by atoms with Gasteiger partial charge in [-0.3, -0.25) is 9.20 Å². The number of rotatable bonds is 4. The third kappa shape index (κ3) is 7.71. The predicted molar refractivity (Wildman–Crippen MR) is 124 cm³/mol. The number of hydrogen-bond donors (Lipinski definition) is 1. The number of hydrogen-bond acceptors (Lipinski definition) is 6. The van der Waals surface area contributed by atoms with E-state index in [4.69, 9.17) is 14.2 Å². The van der Waals surface area contributed by atoms with Gasteiger partial charge in [-0.25, -0.2) is 9.78 Å². The first-order valence-corrected chi connectivity index (χ1v) is 10.9. The Morgan fingerprint density at radius 3 is 2.34 bits per heavy atom. The van der Waals surface area contributed by atoms with Crippen LogP contribution in [0.3, 0.4) is 0 Å². The SMILES string of the molecule is CC.CC(C)(C)OC(=O)N1CCOCC1.COc1cccn2c(C(C)(C)NC=O)ncc12. The minimum Gasteiger partial charge on any atom is -0.494 e. The molecular weight excluding hydrogens is 412 g/mol. The van der Waals surface area contributed by atoms with Crippen LogP contribution in [0.1, 0.15) is 54.3 Å². The van der Waals surface area contributed by atoms with Crippen molar-refractivity contribution in [3.8, 4) is 5.75 Å². The maximum Gasteiger partial charge on any atom is 0.410 e. The van der Waals surface area contributed by atoms with E-state index in [1.54, 1.807) is 18.2 Å². The van der Waals surface area contributed by atoms with Crippen LogP contribution in [0.15, 0.2) is 24.5 Å². The van der Waals surface area contributed by atoms with Crippen molar-refractivity contribution < 1.29 is 23.8 Å². The summed E-state index contributed by atoms with van der Waals surface area (Å²) in [7, 11) is 1.62. The van der Waals surface area contributed by atoms with Crippen LogP contribution >= 0.6 is 0 Å². The van der Waals surface area contributed by atoms with Gasteiger partial charge in [0.05, 0.1) is 32.1 Å². The number of carbonyl (C=O) groups excluding carboxylic acids is 2. The molecule has 9 heteroatoms. The van der Waals surface area contributed by atoms with Crippen LogP contribution in [0.2, 0.25) is 0 Å². The molecule has 0 bridgehead atoms. The molecule has 180 valence electrons. The molecule has 1 N–H and O–H groups in total. The second kappa shape index (κ2) is 12.3. The fraction of sp³-hybridized carbons (Fsp3) is 0.609. The number of fused-ring (bicyclic) bond motifs is 1. The Kier molecular flexibility index (Phi) is 10.5. The van der Waals surface area contributed by atoms with Crippen LogP contribution in [0.4, 0.5) is 4.79 Å². The number of ether oxygens (including phenoxy) is 3. The number of nitrogens with one attached hydrogen (secondary N) is 1. The lowest BCUT2D eigenvalue weighted by Crippen LogP contribution is -2.43. The first kappa shape index (κ1) is 27.2. The van der Waals surface area contributed by atoms with E-state index in [2.05, 4.69) is 10.3 Å². The van der Waals surface area contributed by atoms with Crippen molar-refractivity contribution in [3.63, 3.8) is 0 Å². The molecule has 1 aliphatic heterocycles. The molecule has 0 spiro atoms. The summed E-state index contributed by atoms with van der Waals surface area (Å²) in [6.07, 6.45) is 4.08. The molecular formula is C23H38N4O5. The molecule has 2 aromatic heterocycles. The Balaban J connectivity index is 0.000000307. The van der Waals surface area contributed by atoms with Gasteiger partial charge in [0, 0.05) is 19.3 Å². The van der Waals surface area contributed by atoms with Gasteiger partial charge < -0.3 is 24.4 Å². The maximum absolute atomic E-state index is 11.5. The van der Waals surface area contributed by atoms with Gasteiger partial charge in [0.15, 0.2) is 0 Å². The van der Waals surface area contributed by atoms with Crippen LogP contribution < -0.4 is 10.1 Å². The standard InChI is InChI=1S/C12H15N3O2.C9H17NO3.C2H6/c1-12(2,14-8-16)11-13-7-9-10(17-3)5-4-6-15(9)11;1-9(2,3)13-8(11)10-4-6-12-7-5-10;1-2/h4-8H,1-3H3,(H,14,16);4-7H2,1-3H3;1-2H3. The number of nitrogens with zero attached hydrogens (tertiary/aromatic N) is 3. The van der Waals surface area contributed by atoms with Crippen LogP contribution in [-0.4, -0.2) is 65.8 Å². The third-order valence-corrected chi connectivity index (χ3v) is 4.39. The van der Waals surface area contributed by atoms with Crippen molar-refractivity contribution in [2.45, 2.75) is 59.6 Å². The highest BCUT2D eigenvalue weighted by atomic mass is 16.6. The van der Waals surface area contributed by atoms with Crippen molar-refractivity contribution in [3.05, 3.63) is 30.4 Å². The highest BCUT2D eigenvalue weighted by Gasteiger charge is 2.25. The molecule has 0 unspecified atom stereocenters. The quantitative estimate of drug-likeness (QED) is 0.715. The Bertz CT molecular complexity index is 852. The van der Waals surface area contributed by atoms with E-state index in [1.165, 1.54) is 0 Å². The summed E-state index contributed by atoms with van der Waals surface area (Å²) in [6.45, 7) is 15.9. The van der Waals surface area contributed by atoms with Crippen molar-refractivity contribution in [2.24, 2.45) is 0 Å². The van der Waals surface area contributed by atoms with Gasteiger partial charge in [-0.2, -0.15) is 0 Å². The lowest BCUT2D eigenvalue weighted by molar-refractivity contribution is -0.111. The topological polar surface area (TPSA) is 94.4 Å². The number of carbonyl (C=O) groups is 2. The van der Waals surface area contributed by atoms with Gasteiger partial charge in [0.1, 0.15) is 22.7 Å². The van der Waals surface area contributed by atoms with Gasteiger partial charge in [0.2, 0.25) is 6.41 Å². The summed E-state index contributed by atoms with van der Waals surface area (Å²) >= 11 is 0. The molecule has 9 nitrogen and oxygen atoms in total. The minimum absolute atomic E-state index is 0.240. The van der Waals surface area contributed by atoms with E-state index in [-0.39, 0.29) is 6.09 Å². The van der Waals surface area contributed by atoms with Crippen LogP contribution in [-0.2, 0) is 19.8 Å². The molecule has 32 heavy (non-hydrogen) atoms. The lowest BCUT2D eigenvalue weighted by atomic mass is 10.1. The number of amides is 2. The zero-order chi connectivity index (χ0) is 24.4. The molecule has 2 aromatic rings. The smallest absolute Gasteiger partial charge is 0.410 e. The van der Waals surface area contributed by atoms with Crippen molar-refractivity contribution in [1.82, 2.24) is 19.6 Å². The molecule has 0 radical (unpaired) electrons. The van der Waals surface area contributed by atoms with Gasteiger partial charge in [-0.15, -0.1) is 0 Å². The van der Waals surface area contributed by atoms with Crippen LogP contribution in [0.25, 0.3) is 5.52 Å². The second-order valence-electron chi connectivity index (χ2n) is 8.38. The number of aromatic nitrogens is 2. The number of methoxy groups -OCH3 is 1. The molecule has 0 atom stereocenters. The number of morpholine rings is 1. The Labute approximate surface area is 191 Å². The molecule has 2 amide bonds. The normalized spacial score (nSPS) is 13.8. The van der Waals surface area contributed by atoms with Gasteiger partial charge in [0.25, 0.3) is 0 Å². The highest BCUT2D eigenvalue weighted by molar-refractivity contribution is 5.68. The molecule has 1 saturated heterocycles. The molecule has 3 rings (SSSR count). The van der Waals surface area contributed by atoms with Crippen LogP contribution in [0.5, 0.6) is 5.75 Å². The second-order valence-corrected chi connectivity index (χ2v) is 8.38. The van der Waals surface area contributed by atoms with Crippen LogP contribution in [0, 0.1) is 0 Å². The Morgan fingerprint density at radius 1 is 1.19 bits per heavy atom. The van der Waals surface area contributed by atoms with E-state index >= 15 is 0 Å². The predicted octanol–water partition coefficient (Wildman–Crippen LogP) is 3.60. The Morgan fingerprint density at radius 2 is 1.81 bits per heavy atom. The Hall–Kier alpha value is -2.81. The molecule has 1 fully saturated rings. The lowest BCUT2D eigenvalue weighted by Gasteiger charge is -2.29. The maximum atomic E-state index is 11.5. The largest absolute Gasteiger partial charge is 0.494 e.